The first-order chi connectivity index (χ1) is 7.14. The molecule has 1 N–H and O–H groups in total. The molecule has 0 bridgehead atoms. The molecule has 1 unspecified atom stereocenters. The maximum atomic E-state index is 11.7. The number of nitrogens with one attached hydrogen (secondary N) is 1. The average Bonchev–Trinajstić information content (AvgIpc) is 2.66. The Hall–Kier alpha value is -0.620. The normalized spacial score (nSPS) is 24.9. The third-order valence-corrected chi connectivity index (χ3v) is 2.80. The lowest BCUT2D eigenvalue weighted by atomic mass is 9.94. The number of halogens is 1. The number of ether oxygens (including phenoxy) is 2. The van der Waals surface area contributed by atoms with E-state index < -0.39 is 11.6 Å². The van der Waals surface area contributed by atoms with Crippen LogP contribution in [-0.2, 0) is 14.3 Å². The summed E-state index contributed by atoms with van der Waals surface area (Å²) in [6, 6.07) is 0. The Labute approximate surface area is 96.6 Å². The van der Waals surface area contributed by atoms with E-state index >= 15 is 0 Å². The van der Waals surface area contributed by atoms with E-state index in [9.17, 15) is 9.59 Å². The molecular weight excluding hydrogens is 266 g/mol. The number of alkyl halides is 1. The van der Waals surface area contributed by atoms with Crippen molar-refractivity contribution in [2.75, 3.05) is 25.2 Å². The van der Waals surface area contributed by atoms with E-state index in [-0.39, 0.29) is 24.3 Å². The number of hydrogen-bond donors (Lipinski definition) is 1. The molecule has 5 nitrogen and oxygen atoms in total. The lowest BCUT2D eigenvalue weighted by Gasteiger charge is -2.25. The molecule has 1 heterocycles. The van der Waals surface area contributed by atoms with Crippen molar-refractivity contribution in [2.24, 2.45) is 0 Å². The molecule has 6 heteroatoms. The van der Waals surface area contributed by atoms with Gasteiger partial charge < -0.3 is 14.8 Å². The van der Waals surface area contributed by atoms with E-state index in [1.807, 2.05) is 0 Å². The van der Waals surface area contributed by atoms with Crippen LogP contribution in [0.1, 0.15) is 13.3 Å². The first kappa shape index (κ1) is 12.4. The smallest absolute Gasteiger partial charge is 0.408 e. The van der Waals surface area contributed by atoms with Crippen LogP contribution in [0, 0.1) is 0 Å². The molecule has 0 radical (unpaired) electrons. The third kappa shape index (κ3) is 2.92. The second-order valence-electron chi connectivity index (χ2n) is 3.29. The summed E-state index contributed by atoms with van der Waals surface area (Å²) in [6.45, 7) is 2.69. The van der Waals surface area contributed by atoms with Crippen LogP contribution in [-0.4, -0.2) is 42.6 Å². The molecule has 0 aromatic carbocycles. The van der Waals surface area contributed by atoms with E-state index in [4.69, 9.17) is 9.47 Å². The Kier molecular flexibility index (Phi) is 4.53. The Morgan fingerprint density at radius 1 is 1.60 bits per heavy atom. The molecule has 0 aromatic rings. The number of amides is 1. The molecule has 0 aromatic heterocycles. The van der Waals surface area contributed by atoms with Crippen molar-refractivity contribution in [3.05, 3.63) is 0 Å². The highest BCUT2D eigenvalue weighted by atomic mass is 79.9. The number of rotatable bonds is 4. The third-order valence-electron chi connectivity index (χ3n) is 2.29. The van der Waals surface area contributed by atoms with Crippen molar-refractivity contribution in [3.8, 4) is 0 Å². The molecule has 86 valence electrons. The molecule has 0 saturated carbocycles. The van der Waals surface area contributed by atoms with Gasteiger partial charge in [-0.3, -0.25) is 4.79 Å². The minimum Gasteiger partial charge on any atom is -0.450 e. The van der Waals surface area contributed by atoms with Crippen molar-refractivity contribution in [2.45, 2.75) is 18.9 Å². The number of Topliss-reactive ketones (excluding diaryl/α,β-unsaturated/α-hetero) is 1. The van der Waals surface area contributed by atoms with E-state index in [1.165, 1.54) is 0 Å². The van der Waals surface area contributed by atoms with Gasteiger partial charge in [0.2, 0.25) is 0 Å². The fraction of sp³-hybridized carbons (Fsp3) is 0.778. The lowest BCUT2D eigenvalue weighted by Crippen LogP contribution is -2.55. The maximum Gasteiger partial charge on any atom is 0.408 e. The summed E-state index contributed by atoms with van der Waals surface area (Å²) < 4.78 is 9.90. The zero-order chi connectivity index (χ0) is 11.3. The Balaban J connectivity index is 2.65. The van der Waals surface area contributed by atoms with Crippen LogP contribution in [0.25, 0.3) is 0 Å². The summed E-state index contributed by atoms with van der Waals surface area (Å²) in [4.78, 5) is 22.9. The molecule has 0 aliphatic carbocycles. The molecule has 1 saturated heterocycles. The van der Waals surface area contributed by atoms with E-state index in [1.54, 1.807) is 6.92 Å². The molecule has 1 atom stereocenters. The molecule has 1 rings (SSSR count). The summed E-state index contributed by atoms with van der Waals surface area (Å²) in [5, 5.41) is 2.78. The second-order valence-corrected chi connectivity index (χ2v) is 3.85. The Morgan fingerprint density at radius 3 is 2.80 bits per heavy atom. The fourth-order valence-corrected chi connectivity index (χ4v) is 1.98. The van der Waals surface area contributed by atoms with Crippen molar-refractivity contribution in [1.82, 2.24) is 5.32 Å². The maximum absolute atomic E-state index is 11.7. The van der Waals surface area contributed by atoms with Gasteiger partial charge in [-0.05, 0) is 6.92 Å². The van der Waals surface area contributed by atoms with Crippen LogP contribution in [0.5, 0.6) is 0 Å². The van der Waals surface area contributed by atoms with Crippen molar-refractivity contribution in [3.63, 3.8) is 0 Å². The predicted octanol–water partition coefficient (Wildman–Crippen LogP) is 0.856. The van der Waals surface area contributed by atoms with Crippen LogP contribution in [0.3, 0.4) is 0 Å². The van der Waals surface area contributed by atoms with Gasteiger partial charge in [0, 0.05) is 13.0 Å². The minimum atomic E-state index is -0.907. The largest absolute Gasteiger partial charge is 0.450 e. The highest BCUT2D eigenvalue weighted by Crippen LogP contribution is 2.21. The predicted molar refractivity (Wildman–Crippen MR) is 57.1 cm³/mol. The van der Waals surface area contributed by atoms with Gasteiger partial charge in [-0.2, -0.15) is 0 Å². The minimum absolute atomic E-state index is 0.0898. The van der Waals surface area contributed by atoms with E-state index in [0.717, 1.165) is 0 Å². The summed E-state index contributed by atoms with van der Waals surface area (Å²) in [5.74, 6) is -0.0898. The topological polar surface area (TPSA) is 64.6 Å². The van der Waals surface area contributed by atoms with E-state index in [0.29, 0.717) is 13.0 Å². The van der Waals surface area contributed by atoms with Crippen LogP contribution < -0.4 is 5.32 Å². The lowest BCUT2D eigenvalue weighted by molar-refractivity contribution is -0.122. The van der Waals surface area contributed by atoms with Gasteiger partial charge in [-0.25, -0.2) is 4.79 Å². The molecule has 0 spiro atoms. The summed E-state index contributed by atoms with van der Waals surface area (Å²) in [7, 11) is 0. The summed E-state index contributed by atoms with van der Waals surface area (Å²) in [5.41, 5.74) is -0.907. The van der Waals surface area contributed by atoms with Gasteiger partial charge >= 0.3 is 6.09 Å². The quantitative estimate of drug-likeness (QED) is 0.776. The number of carbonyl (C=O) groups excluding carboxylic acids is 2. The van der Waals surface area contributed by atoms with Gasteiger partial charge in [0.15, 0.2) is 5.78 Å². The van der Waals surface area contributed by atoms with Crippen molar-refractivity contribution in [1.29, 1.82) is 0 Å². The summed E-state index contributed by atoms with van der Waals surface area (Å²) in [6.07, 6.45) is -0.0757. The average molecular weight is 280 g/mol. The first-order valence-electron chi connectivity index (χ1n) is 4.76. The molecule has 1 aliphatic rings. The highest BCUT2D eigenvalue weighted by Gasteiger charge is 2.43. The number of carbonyl (C=O) groups is 2. The fourth-order valence-electron chi connectivity index (χ4n) is 1.44. The van der Waals surface area contributed by atoms with Gasteiger partial charge in [-0.15, -0.1) is 0 Å². The van der Waals surface area contributed by atoms with E-state index in [2.05, 4.69) is 21.2 Å². The van der Waals surface area contributed by atoms with Crippen molar-refractivity contribution >= 4 is 27.8 Å². The standard InChI is InChI=1S/C9H14BrNO4/c1-2-15-8(13)11-9(7(12)5-10)3-4-14-6-9/h2-6H2,1H3,(H,11,13). The Bertz CT molecular complexity index is 250. The summed E-state index contributed by atoms with van der Waals surface area (Å²) >= 11 is 3.09. The zero-order valence-corrected chi connectivity index (χ0v) is 10.1. The first-order valence-corrected chi connectivity index (χ1v) is 5.88. The van der Waals surface area contributed by atoms with Gasteiger partial charge in [-0.1, -0.05) is 15.9 Å². The Morgan fingerprint density at radius 2 is 2.33 bits per heavy atom. The zero-order valence-electron chi connectivity index (χ0n) is 8.55. The van der Waals surface area contributed by atoms with Crippen LogP contribution in [0.2, 0.25) is 0 Å². The van der Waals surface area contributed by atoms with Crippen LogP contribution in [0.4, 0.5) is 4.79 Å². The molecule has 1 aliphatic heterocycles. The van der Waals surface area contributed by atoms with Crippen LogP contribution in [0.15, 0.2) is 0 Å². The molecule has 1 amide bonds. The van der Waals surface area contributed by atoms with Gasteiger partial charge in [0.1, 0.15) is 5.54 Å². The van der Waals surface area contributed by atoms with Crippen LogP contribution >= 0.6 is 15.9 Å². The molecular formula is C9H14BrNO4. The van der Waals surface area contributed by atoms with Crippen molar-refractivity contribution < 1.29 is 19.1 Å². The second kappa shape index (κ2) is 5.46. The monoisotopic (exact) mass is 279 g/mol. The number of ketones is 1. The van der Waals surface area contributed by atoms with Gasteiger partial charge in [0.25, 0.3) is 0 Å². The SMILES string of the molecule is CCOC(=O)NC1(C(=O)CBr)CCOC1. The molecule has 1 fully saturated rings. The molecule has 15 heavy (non-hydrogen) atoms. The number of alkyl carbamates (subject to hydrolysis) is 1. The highest BCUT2D eigenvalue weighted by molar-refractivity contribution is 9.09. The number of hydrogen-bond acceptors (Lipinski definition) is 4. The van der Waals surface area contributed by atoms with Gasteiger partial charge in [0.05, 0.1) is 18.5 Å².